The normalized spacial score (nSPS) is 17.8. The fraction of sp³-hybridized carbons (Fsp3) is 0.667. The summed E-state index contributed by atoms with van der Waals surface area (Å²) in [6, 6.07) is 5.76. The van der Waals surface area contributed by atoms with E-state index in [-0.39, 0.29) is 6.03 Å². The Bertz CT molecular complexity index is 645. The second-order valence-corrected chi connectivity index (χ2v) is 7.29. The summed E-state index contributed by atoms with van der Waals surface area (Å²) in [4.78, 5) is 19.4. The Morgan fingerprint density at radius 3 is 2.38 bits per heavy atom. The molecular weight excluding hydrogens is 374 g/mol. The zero-order chi connectivity index (χ0) is 20.5. The third kappa shape index (κ3) is 6.22. The number of amides is 2. The summed E-state index contributed by atoms with van der Waals surface area (Å²) in [7, 11) is 3.29. The van der Waals surface area contributed by atoms with Gasteiger partial charge < -0.3 is 28.7 Å². The summed E-state index contributed by atoms with van der Waals surface area (Å²) in [6.45, 7) is 8.09. The molecule has 1 aromatic rings. The number of methoxy groups -OCH3 is 2. The van der Waals surface area contributed by atoms with Crippen molar-refractivity contribution in [3.05, 3.63) is 23.8 Å². The first kappa shape index (κ1) is 21.7. The Hall–Kier alpha value is -2.03. The van der Waals surface area contributed by atoms with Crippen LogP contribution in [-0.4, -0.2) is 101 Å². The van der Waals surface area contributed by atoms with Gasteiger partial charge >= 0.3 is 6.03 Å². The van der Waals surface area contributed by atoms with Crippen LogP contribution in [0, 0.1) is 0 Å². The van der Waals surface area contributed by atoms with Gasteiger partial charge in [-0.1, -0.05) is 0 Å². The molecule has 0 bridgehead atoms. The molecule has 0 aromatic heterocycles. The molecule has 2 heterocycles. The van der Waals surface area contributed by atoms with E-state index in [2.05, 4.69) is 4.90 Å². The van der Waals surface area contributed by atoms with E-state index in [9.17, 15) is 4.79 Å². The Morgan fingerprint density at radius 2 is 1.72 bits per heavy atom. The van der Waals surface area contributed by atoms with Gasteiger partial charge in [0.05, 0.1) is 47.2 Å². The van der Waals surface area contributed by atoms with Crippen LogP contribution in [0.2, 0.25) is 0 Å². The van der Waals surface area contributed by atoms with Gasteiger partial charge in [-0.3, -0.25) is 4.90 Å². The van der Waals surface area contributed by atoms with Crippen LogP contribution in [0.5, 0.6) is 11.5 Å². The lowest BCUT2D eigenvalue weighted by molar-refractivity contribution is 0.0333. The minimum Gasteiger partial charge on any atom is -0.497 e. The van der Waals surface area contributed by atoms with Gasteiger partial charge in [0.2, 0.25) is 0 Å². The molecule has 8 heteroatoms. The summed E-state index contributed by atoms with van der Waals surface area (Å²) >= 11 is 0. The zero-order valence-corrected chi connectivity index (χ0v) is 17.6. The number of hydrogen-bond donors (Lipinski definition) is 0. The lowest BCUT2D eigenvalue weighted by Gasteiger charge is -2.34. The van der Waals surface area contributed by atoms with Crippen molar-refractivity contribution in [2.45, 2.75) is 13.0 Å². The van der Waals surface area contributed by atoms with E-state index in [1.165, 1.54) is 0 Å². The molecule has 1 aromatic carbocycles. The molecule has 0 atom stereocenters. The van der Waals surface area contributed by atoms with E-state index in [4.69, 9.17) is 18.9 Å². The van der Waals surface area contributed by atoms with E-state index in [1.807, 2.05) is 28.0 Å². The van der Waals surface area contributed by atoms with Crippen LogP contribution in [-0.2, 0) is 16.0 Å². The number of rotatable bonds is 8. The average molecular weight is 408 g/mol. The van der Waals surface area contributed by atoms with Crippen molar-refractivity contribution < 1.29 is 23.7 Å². The van der Waals surface area contributed by atoms with Gasteiger partial charge in [0.15, 0.2) is 0 Å². The number of carbonyl (C=O) groups excluding carboxylic acids is 1. The lowest BCUT2D eigenvalue weighted by atomic mass is 10.1. The van der Waals surface area contributed by atoms with Crippen molar-refractivity contribution in [2.24, 2.45) is 0 Å². The highest BCUT2D eigenvalue weighted by Crippen LogP contribution is 2.26. The standard InChI is InChI=1S/C21H33N3O5/c1-26-19-4-5-20(27-2)18(16-19)17-24(21(25)23-10-14-29-15-11-23)7-3-6-22-8-12-28-13-9-22/h4-5,16H,3,6-15,17H2,1-2H3. The highest BCUT2D eigenvalue weighted by atomic mass is 16.5. The first-order chi connectivity index (χ1) is 14.2. The van der Waals surface area contributed by atoms with Crippen LogP contribution in [0.3, 0.4) is 0 Å². The van der Waals surface area contributed by atoms with Gasteiger partial charge in [0.25, 0.3) is 0 Å². The minimum absolute atomic E-state index is 0.0557. The molecule has 0 N–H and O–H groups in total. The molecule has 2 aliphatic heterocycles. The topological polar surface area (TPSA) is 63.7 Å². The van der Waals surface area contributed by atoms with E-state index >= 15 is 0 Å². The number of urea groups is 1. The van der Waals surface area contributed by atoms with Gasteiger partial charge in [-0.15, -0.1) is 0 Å². The van der Waals surface area contributed by atoms with Crippen molar-refractivity contribution in [1.29, 1.82) is 0 Å². The maximum atomic E-state index is 13.2. The number of benzene rings is 1. The second-order valence-electron chi connectivity index (χ2n) is 7.29. The average Bonchev–Trinajstić information content (AvgIpc) is 2.79. The maximum absolute atomic E-state index is 13.2. The largest absolute Gasteiger partial charge is 0.497 e. The van der Waals surface area contributed by atoms with Crippen LogP contribution in [0.25, 0.3) is 0 Å². The molecular formula is C21H33N3O5. The van der Waals surface area contributed by atoms with E-state index < -0.39 is 0 Å². The molecule has 0 spiro atoms. The predicted octanol–water partition coefficient (Wildman–Crippen LogP) is 1.68. The Balaban J connectivity index is 1.68. The van der Waals surface area contributed by atoms with Crippen LogP contribution < -0.4 is 9.47 Å². The molecule has 29 heavy (non-hydrogen) atoms. The van der Waals surface area contributed by atoms with Gasteiger partial charge in [-0.05, 0) is 24.6 Å². The number of ether oxygens (including phenoxy) is 4. The second kappa shape index (κ2) is 11.2. The molecule has 0 saturated carbocycles. The van der Waals surface area contributed by atoms with E-state index in [0.29, 0.717) is 39.4 Å². The monoisotopic (exact) mass is 407 g/mol. The first-order valence-corrected chi connectivity index (χ1v) is 10.3. The van der Waals surface area contributed by atoms with Crippen molar-refractivity contribution >= 4 is 6.03 Å². The molecule has 2 saturated heterocycles. The maximum Gasteiger partial charge on any atom is 0.320 e. The summed E-state index contributed by atoms with van der Waals surface area (Å²) in [6.07, 6.45) is 0.919. The van der Waals surface area contributed by atoms with Gasteiger partial charge in [-0.2, -0.15) is 0 Å². The van der Waals surface area contributed by atoms with E-state index in [0.717, 1.165) is 56.3 Å². The fourth-order valence-corrected chi connectivity index (χ4v) is 3.72. The Labute approximate surface area is 173 Å². The molecule has 2 aliphatic rings. The van der Waals surface area contributed by atoms with Gasteiger partial charge in [-0.25, -0.2) is 4.79 Å². The molecule has 162 valence electrons. The van der Waals surface area contributed by atoms with Crippen molar-refractivity contribution in [2.75, 3.05) is 79.9 Å². The summed E-state index contributed by atoms with van der Waals surface area (Å²) in [5, 5.41) is 0. The summed E-state index contributed by atoms with van der Waals surface area (Å²) in [5.74, 6) is 1.52. The first-order valence-electron chi connectivity index (χ1n) is 10.3. The highest BCUT2D eigenvalue weighted by Gasteiger charge is 2.24. The van der Waals surface area contributed by atoms with Crippen LogP contribution in [0.4, 0.5) is 4.79 Å². The molecule has 0 radical (unpaired) electrons. The lowest BCUT2D eigenvalue weighted by Crippen LogP contribution is -2.48. The SMILES string of the molecule is COc1ccc(OC)c(CN(CCCN2CCOCC2)C(=O)N2CCOCC2)c1. The molecule has 2 fully saturated rings. The molecule has 0 aliphatic carbocycles. The quantitative estimate of drug-likeness (QED) is 0.653. The number of morpholine rings is 2. The third-order valence-corrected chi connectivity index (χ3v) is 5.41. The Kier molecular flexibility index (Phi) is 8.39. The number of nitrogens with zero attached hydrogens (tertiary/aromatic N) is 3. The van der Waals surface area contributed by atoms with Crippen molar-refractivity contribution in [3.8, 4) is 11.5 Å². The predicted molar refractivity (Wildman–Crippen MR) is 110 cm³/mol. The molecule has 8 nitrogen and oxygen atoms in total. The number of carbonyl (C=O) groups is 1. The van der Waals surface area contributed by atoms with E-state index in [1.54, 1.807) is 14.2 Å². The van der Waals surface area contributed by atoms with Crippen LogP contribution in [0.1, 0.15) is 12.0 Å². The van der Waals surface area contributed by atoms with Crippen molar-refractivity contribution in [1.82, 2.24) is 14.7 Å². The molecule has 3 rings (SSSR count). The summed E-state index contributed by atoms with van der Waals surface area (Å²) in [5.41, 5.74) is 0.944. The molecule has 0 unspecified atom stereocenters. The van der Waals surface area contributed by atoms with Crippen molar-refractivity contribution in [3.63, 3.8) is 0 Å². The molecule has 2 amide bonds. The van der Waals surface area contributed by atoms with Crippen LogP contribution >= 0.6 is 0 Å². The Morgan fingerprint density at radius 1 is 1.03 bits per heavy atom. The van der Waals surface area contributed by atoms with Gasteiger partial charge in [0.1, 0.15) is 11.5 Å². The smallest absolute Gasteiger partial charge is 0.320 e. The third-order valence-electron chi connectivity index (χ3n) is 5.41. The highest BCUT2D eigenvalue weighted by molar-refractivity contribution is 5.74. The number of hydrogen-bond acceptors (Lipinski definition) is 6. The summed E-state index contributed by atoms with van der Waals surface area (Å²) < 4.78 is 21.7. The van der Waals surface area contributed by atoms with Gasteiger partial charge in [0, 0.05) is 44.8 Å². The van der Waals surface area contributed by atoms with Crippen LogP contribution in [0.15, 0.2) is 18.2 Å². The zero-order valence-electron chi connectivity index (χ0n) is 17.6. The minimum atomic E-state index is 0.0557. The fourth-order valence-electron chi connectivity index (χ4n) is 3.72.